The van der Waals surface area contributed by atoms with Crippen molar-refractivity contribution in [3.05, 3.63) is 37.4 Å². The third-order valence-corrected chi connectivity index (χ3v) is 10.3. The van der Waals surface area contributed by atoms with Gasteiger partial charge in [-0.3, -0.25) is 0 Å². The molecule has 0 aliphatic rings. The van der Waals surface area contributed by atoms with E-state index in [-0.39, 0.29) is 0 Å². The second-order valence-corrected chi connectivity index (χ2v) is 15.3. The quantitative estimate of drug-likeness (QED) is 0.0514. The van der Waals surface area contributed by atoms with Crippen LogP contribution in [-0.2, 0) is 36.0 Å². The summed E-state index contributed by atoms with van der Waals surface area (Å²) in [7, 11) is 0. The van der Waals surface area contributed by atoms with Gasteiger partial charge in [0.2, 0.25) is 12.7 Å². The number of hydrogen-bond donors (Lipinski definition) is 0. The maximum atomic E-state index is 5.92. The zero-order chi connectivity index (χ0) is 35.4. The lowest BCUT2D eigenvalue weighted by Crippen LogP contribution is -2.33. The van der Waals surface area contributed by atoms with Gasteiger partial charge in [-0.1, -0.05) is 168 Å². The van der Waals surface area contributed by atoms with Crippen LogP contribution in [0, 0.1) is 0 Å². The van der Waals surface area contributed by atoms with Gasteiger partial charge in [0.1, 0.15) is 24.8 Å². The summed E-state index contributed by atoms with van der Waals surface area (Å²) in [6.07, 6.45) is 54.6. The van der Waals surface area contributed by atoms with Crippen molar-refractivity contribution in [3.8, 4) is 0 Å². The molecule has 0 aliphatic heterocycles. The van der Waals surface area contributed by atoms with Crippen LogP contribution in [0.1, 0.15) is 206 Å². The molecule has 0 bridgehead atoms. The van der Waals surface area contributed by atoms with Crippen molar-refractivity contribution in [2.75, 3.05) is 13.2 Å². The molecule has 0 aliphatic carbocycles. The van der Waals surface area contributed by atoms with E-state index in [9.17, 15) is 0 Å². The van der Waals surface area contributed by atoms with Gasteiger partial charge in [-0.05, 0) is 38.5 Å². The van der Waals surface area contributed by atoms with Gasteiger partial charge in [-0.2, -0.15) is 0 Å². The molecule has 0 fully saturated rings. The van der Waals surface area contributed by atoms with E-state index in [1.165, 1.54) is 180 Å². The Morgan fingerprint density at radius 2 is 0.640 bits per heavy atom. The van der Waals surface area contributed by atoms with E-state index in [1.807, 2.05) is 0 Å². The third kappa shape index (κ3) is 27.1. The minimum Gasteiger partial charge on any atom is -0.342 e. The number of unbranched alkanes of at least 4 members (excludes halogenated alkanes) is 27. The second-order valence-electron chi connectivity index (χ2n) is 15.3. The maximum absolute atomic E-state index is 5.92. The van der Waals surface area contributed by atoms with Crippen LogP contribution in [0.5, 0.6) is 0 Å². The highest BCUT2D eigenvalue weighted by Gasteiger charge is 2.06. The Balaban J connectivity index is 1.31. The number of ether oxygens (including phenoxy) is 2. The monoisotopic (exact) mass is 701 g/mol. The predicted molar refractivity (Wildman–Crippen MR) is 211 cm³/mol. The predicted octanol–water partition coefficient (Wildman–Crippen LogP) is 12.3. The molecule has 2 rings (SSSR count). The summed E-state index contributed by atoms with van der Waals surface area (Å²) >= 11 is 0. The average molecular weight is 701 g/mol. The molecule has 0 amide bonds. The van der Waals surface area contributed by atoms with Crippen LogP contribution in [0.2, 0.25) is 0 Å². The first kappa shape index (κ1) is 44.5. The van der Waals surface area contributed by atoms with Gasteiger partial charge in [0.15, 0.2) is 13.5 Å². The summed E-state index contributed by atoms with van der Waals surface area (Å²) in [6.45, 7) is 9.65. The lowest BCUT2D eigenvalue weighted by atomic mass is 10.0. The number of nitrogens with zero attached hydrogens (tertiary/aromatic N) is 4. The Bertz CT molecular complexity index is 881. The Morgan fingerprint density at radius 1 is 0.360 bits per heavy atom. The van der Waals surface area contributed by atoms with Crippen molar-refractivity contribution in [1.82, 2.24) is 9.13 Å². The van der Waals surface area contributed by atoms with Crippen molar-refractivity contribution in [2.45, 2.75) is 233 Å². The fourth-order valence-corrected chi connectivity index (χ4v) is 7.02. The van der Waals surface area contributed by atoms with E-state index < -0.39 is 0 Å². The Morgan fingerprint density at radius 3 is 0.940 bits per heavy atom. The van der Waals surface area contributed by atoms with Crippen LogP contribution in [-0.4, -0.2) is 22.3 Å². The van der Waals surface area contributed by atoms with Gasteiger partial charge in [-0.25, -0.2) is 18.3 Å². The molecule has 0 radical (unpaired) electrons. The maximum Gasteiger partial charge on any atom is 0.245 e. The minimum atomic E-state index is 0.634. The SMILES string of the molecule is CCCCCCCCCCCCCCCCn1cc[n+](COCCCCOC[n+]2ccn(CCCCCCCCCCCCCCCC)c2)c1. The molecule has 2 aromatic rings. The number of hydrogen-bond acceptors (Lipinski definition) is 2. The largest absolute Gasteiger partial charge is 0.342 e. The van der Waals surface area contributed by atoms with Crippen LogP contribution in [0.4, 0.5) is 0 Å². The molecule has 6 heteroatoms. The van der Waals surface area contributed by atoms with E-state index in [2.05, 4.69) is 69.6 Å². The number of aryl methyl sites for hydroxylation is 2. The molecule has 0 saturated carbocycles. The van der Waals surface area contributed by atoms with Gasteiger partial charge >= 0.3 is 0 Å². The number of imidazole rings is 2. The molecule has 0 aromatic carbocycles. The number of aromatic nitrogens is 4. The molecule has 6 nitrogen and oxygen atoms in total. The zero-order valence-corrected chi connectivity index (χ0v) is 33.5. The summed E-state index contributed by atoms with van der Waals surface area (Å²) in [6, 6.07) is 0. The molecule has 0 N–H and O–H groups in total. The van der Waals surface area contributed by atoms with Crippen LogP contribution in [0.3, 0.4) is 0 Å². The van der Waals surface area contributed by atoms with Gasteiger partial charge in [0.25, 0.3) is 0 Å². The zero-order valence-electron chi connectivity index (χ0n) is 33.5. The second kappa shape index (κ2) is 34.4. The molecule has 0 atom stereocenters. The van der Waals surface area contributed by atoms with Gasteiger partial charge in [0.05, 0.1) is 26.3 Å². The molecular weight excluding hydrogens is 617 g/mol. The van der Waals surface area contributed by atoms with E-state index in [4.69, 9.17) is 9.47 Å². The van der Waals surface area contributed by atoms with E-state index in [0.29, 0.717) is 13.5 Å². The molecule has 2 heterocycles. The summed E-state index contributed by atoms with van der Waals surface area (Å²) in [5.41, 5.74) is 0. The highest BCUT2D eigenvalue weighted by molar-refractivity contribution is 4.67. The summed E-state index contributed by atoms with van der Waals surface area (Å²) in [4.78, 5) is 0. The fraction of sp³-hybridized carbons (Fsp3) is 0.864. The topological polar surface area (TPSA) is 36.1 Å². The molecule has 290 valence electrons. The lowest BCUT2D eigenvalue weighted by molar-refractivity contribution is -0.733. The normalized spacial score (nSPS) is 11.6. The highest BCUT2D eigenvalue weighted by atomic mass is 16.5. The van der Waals surface area contributed by atoms with E-state index >= 15 is 0 Å². The Kier molecular flexibility index (Phi) is 30.6. The minimum absolute atomic E-state index is 0.634. The summed E-state index contributed by atoms with van der Waals surface area (Å²) in [5, 5.41) is 0. The Hall–Kier alpha value is -1.66. The fourth-order valence-electron chi connectivity index (χ4n) is 7.02. The summed E-state index contributed by atoms with van der Waals surface area (Å²) < 4.78 is 20.8. The number of rotatable bonds is 39. The molecule has 0 unspecified atom stereocenters. The molecule has 0 saturated heterocycles. The van der Waals surface area contributed by atoms with Crippen molar-refractivity contribution in [1.29, 1.82) is 0 Å². The van der Waals surface area contributed by atoms with Crippen molar-refractivity contribution < 1.29 is 18.6 Å². The molecular formula is C44H84N4O2+2. The van der Waals surface area contributed by atoms with Crippen LogP contribution >= 0.6 is 0 Å². The molecule has 2 aromatic heterocycles. The smallest absolute Gasteiger partial charge is 0.245 e. The first-order valence-corrected chi connectivity index (χ1v) is 22.1. The third-order valence-electron chi connectivity index (χ3n) is 10.3. The van der Waals surface area contributed by atoms with Gasteiger partial charge in [0, 0.05) is 0 Å². The summed E-state index contributed by atoms with van der Waals surface area (Å²) in [5.74, 6) is 0. The average Bonchev–Trinajstić information content (AvgIpc) is 3.79. The van der Waals surface area contributed by atoms with Crippen LogP contribution < -0.4 is 9.13 Å². The van der Waals surface area contributed by atoms with Gasteiger partial charge in [-0.15, -0.1) is 0 Å². The first-order valence-electron chi connectivity index (χ1n) is 22.1. The van der Waals surface area contributed by atoms with Crippen molar-refractivity contribution in [2.24, 2.45) is 0 Å². The van der Waals surface area contributed by atoms with E-state index in [1.54, 1.807) is 0 Å². The lowest BCUT2D eigenvalue weighted by Gasteiger charge is -2.03. The first-order chi connectivity index (χ1) is 24.8. The molecule has 0 spiro atoms. The molecule has 50 heavy (non-hydrogen) atoms. The Labute approximate surface area is 310 Å². The van der Waals surface area contributed by atoms with Crippen molar-refractivity contribution in [3.63, 3.8) is 0 Å². The van der Waals surface area contributed by atoms with Crippen LogP contribution in [0.25, 0.3) is 0 Å². The van der Waals surface area contributed by atoms with Crippen LogP contribution in [0.15, 0.2) is 37.4 Å². The van der Waals surface area contributed by atoms with Crippen molar-refractivity contribution >= 4 is 0 Å². The van der Waals surface area contributed by atoms with Gasteiger partial charge < -0.3 is 9.47 Å². The highest BCUT2D eigenvalue weighted by Crippen LogP contribution is 2.14. The standard InChI is InChI=1S/C44H84N4O2/c1-3-5-7-9-11-13-15-17-19-21-23-25-27-29-33-45-35-37-47(41-45)43-49-39-31-32-40-50-44-48-38-36-46(42-48)34-30-28-26-24-22-20-18-16-14-12-10-8-6-4-2/h35-38,41-42H,3-34,39-40,43-44H2,1-2H3/q+2. The van der Waals surface area contributed by atoms with E-state index in [0.717, 1.165) is 39.1 Å².